The number of carbonyl (C=O) groups is 1. The van der Waals surface area contributed by atoms with E-state index in [1.165, 1.54) is 5.56 Å². The van der Waals surface area contributed by atoms with E-state index < -0.39 is 0 Å². The Labute approximate surface area is 162 Å². The van der Waals surface area contributed by atoms with Gasteiger partial charge in [-0.3, -0.25) is 9.69 Å². The highest BCUT2D eigenvalue weighted by Crippen LogP contribution is 2.24. The van der Waals surface area contributed by atoms with Crippen LogP contribution in [0.2, 0.25) is 0 Å². The Morgan fingerprint density at radius 3 is 2.48 bits per heavy atom. The Balaban J connectivity index is 1.85. The molecule has 0 N–H and O–H groups in total. The second kappa shape index (κ2) is 10.3. The molecule has 0 spiro atoms. The topological polar surface area (TPSA) is 65.8 Å². The van der Waals surface area contributed by atoms with Crippen LogP contribution >= 0.6 is 0 Å². The van der Waals surface area contributed by atoms with Crippen molar-refractivity contribution < 1.29 is 14.3 Å². The van der Waals surface area contributed by atoms with Gasteiger partial charge in [-0.05, 0) is 23.1 Å². The summed E-state index contributed by atoms with van der Waals surface area (Å²) in [5, 5.41) is 8.87. The van der Waals surface area contributed by atoms with Crippen molar-refractivity contribution in [2.45, 2.75) is 32.6 Å². The lowest BCUT2D eigenvalue weighted by atomic mass is 9.87. The molecule has 0 saturated carbocycles. The summed E-state index contributed by atoms with van der Waals surface area (Å²) in [4.78, 5) is 16.6. The number of benzene rings is 1. The second-order valence-corrected chi connectivity index (χ2v) is 7.81. The van der Waals surface area contributed by atoms with Crippen LogP contribution in [0, 0.1) is 11.3 Å². The quantitative estimate of drug-likeness (QED) is 0.700. The summed E-state index contributed by atoms with van der Waals surface area (Å²) in [6, 6.07) is 9.99. The number of morpholine rings is 1. The van der Waals surface area contributed by atoms with Gasteiger partial charge >= 0.3 is 0 Å². The summed E-state index contributed by atoms with van der Waals surface area (Å²) in [6.07, 6.45) is 0.329. The molecule has 1 heterocycles. The van der Waals surface area contributed by atoms with E-state index in [0.717, 1.165) is 32.8 Å². The van der Waals surface area contributed by atoms with Gasteiger partial charge in [0, 0.05) is 32.7 Å². The maximum Gasteiger partial charge on any atom is 0.260 e. The van der Waals surface area contributed by atoms with E-state index in [0.29, 0.717) is 25.3 Å². The van der Waals surface area contributed by atoms with Crippen molar-refractivity contribution in [3.05, 3.63) is 29.8 Å². The molecule has 1 aromatic rings. The maximum atomic E-state index is 12.6. The normalized spacial score (nSPS) is 15.2. The summed E-state index contributed by atoms with van der Waals surface area (Å²) >= 11 is 0. The average molecular weight is 373 g/mol. The fourth-order valence-corrected chi connectivity index (χ4v) is 2.92. The minimum atomic E-state index is -0.0848. The Morgan fingerprint density at radius 1 is 1.22 bits per heavy atom. The first kappa shape index (κ1) is 21.2. The van der Waals surface area contributed by atoms with Gasteiger partial charge < -0.3 is 14.4 Å². The van der Waals surface area contributed by atoms with Crippen LogP contribution in [0.3, 0.4) is 0 Å². The Bertz CT molecular complexity index is 626. The van der Waals surface area contributed by atoms with Crippen molar-refractivity contribution in [1.82, 2.24) is 9.80 Å². The lowest BCUT2D eigenvalue weighted by Crippen LogP contribution is -2.44. The van der Waals surface area contributed by atoms with Gasteiger partial charge in [-0.2, -0.15) is 5.26 Å². The van der Waals surface area contributed by atoms with Crippen LogP contribution in [-0.4, -0.2) is 68.3 Å². The number of nitrogens with zero attached hydrogens (tertiary/aromatic N) is 3. The fraction of sp³-hybridized carbons (Fsp3) is 0.619. The summed E-state index contributed by atoms with van der Waals surface area (Å²) in [7, 11) is 0. The molecule has 148 valence electrons. The van der Waals surface area contributed by atoms with Gasteiger partial charge in [-0.25, -0.2) is 0 Å². The molecule has 1 aromatic carbocycles. The van der Waals surface area contributed by atoms with Gasteiger partial charge in [0.05, 0.1) is 25.7 Å². The minimum Gasteiger partial charge on any atom is -0.484 e. The molecule has 0 atom stereocenters. The standard InChI is InChI=1S/C21H31N3O3/c1-21(2,3)18-5-7-19(8-6-18)27-17-20(25)24(10-4-9-22)12-11-23-13-15-26-16-14-23/h5-8H,4,10-17H2,1-3H3. The molecular weight excluding hydrogens is 342 g/mol. The first-order valence-corrected chi connectivity index (χ1v) is 9.58. The zero-order chi connectivity index (χ0) is 19.7. The molecule has 1 fully saturated rings. The Kier molecular flexibility index (Phi) is 8.08. The van der Waals surface area contributed by atoms with Crippen molar-refractivity contribution in [3.63, 3.8) is 0 Å². The average Bonchev–Trinajstić information content (AvgIpc) is 2.66. The molecule has 6 nitrogen and oxygen atoms in total. The van der Waals surface area contributed by atoms with Gasteiger partial charge in [0.25, 0.3) is 5.91 Å². The van der Waals surface area contributed by atoms with E-state index in [9.17, 15) is 4.79 Å². The Morgan fingerprint density at radius 2 is 1.89 bits per heavy atom. The van der Waals surface area contributed by atoms with Gasteiger partial charge in [0.15, 0.2) is 6.61 Å². The lowest BCUT2D eigenvalue weighted by molar-refractivity contribution is -0.133. The third kappa shape index (κ3) is 7.20. The number of nitriles is 1. The predicted molar refractivity (Wildman–Crippen MR) is 105 cm³/mol. The third-order valence-electron chi connectivity index (χ3n) is 4.72. The molecule has 0 radical (unpaired) electrons. The summed E-state index contributed by atoms with van der Waals surface area (Å²) < 4.78 is 11.0. The van der Waals surface area contributed by atoms with E-state index in [4.69, 9.17) is 14.7 Å². The molecule has 1 saturated heterocycles. The largest absolute Gasteiger partial charge is 0.484 e. The molecule has 6 heteroatoms. The Hall–Kier alpha value is -2.10. The molecule has 27 heavy (non-hydrogen) atoms. The number of ether oxygens (including phenoxy) is 2. The fourth-order valence-electron chi connectivity index (χ4n) is 2.92. The number of hydrogen-bond acceptors (Lipinski definition) is 5. The van der Waals surface area contributed by atoms with Gasteiger partial charge in [0.2, 0.25) is 0 Å². The number of carbonyl (C=O) groups excluding carboxylic acids is 1. The zero-order valence-corrected chi connectivity index (χ0v) is 16.7. The van der Waals surface area contributed by atoms with Crippen LogP contribution in [0.4, 0.5) is 0 Å². The number of hydrogen-bond donors (Lipinski definition) is 0. The molecule has 1 amide bonds. The molecule has 0 aromatic heterocycles. The van der Waals surface area contributed by atoms with Gasteiger partial charge in [-0.15, -0.1) is 0 Å². The molecule has 2 rings (SSSR count). The highest BCUT2D eigenvalue weighted by atomic mass is 16.5. The van der Waals surface area contributed by atoms with Crippen molar-refractivity contribution in [1.29, 1.82) is 5.26 Å². The lowest BCUT2D eigenvalue weighted by Gasteiger charge is -2.29. The van der Waals surface area contributed by atoms with Crippen LogP contribution in [0.15, 0.2) is 24.3 Å². The van der Waals surface area contributed by atoms with Gasteiger partial charge in [0.1, 0.15) is 5.75 Å². The first-order chi connectivity index (χ1) is 12.9. The van der Waals surface area contributed by atoms with E-state index in [2.05, 4.69) is 31.7 Å². The maximum absolute atomic E-state index is 12.6. The number of rotatable bonds is 8. The highest BCUT2D eigenvalue weighted by Gasteiger charge is 2.18. The van der Waals surface area contributed by atoms with Crippen molar-refractivity contribution in [2.24, 2.45) is 0 Å². The van der Waals surface area contributed by atoms with Crippen molar-refractivity contribution in [2.75, 3.05) is 52.5 Å². The van der Waals surface area contributed by atoms with Crippen LogP contribution in [0.1, 0.15) is 32.8 Å². The molecule has 0 bridgehead atoms. The van der Waals surface area contributed by atoms with Crippen LogP contribution in [-0.2, 0) is 14.9 Å². The third-order valence-corrected chi connectivity index (χ3v) is 4.72. The second-order valence-electron chi connectivity index (χ2n) is 7.81. The minimum absolute atomic E-state index is 0.0105. The molecule has 0 unspecified atom stereocenters. The monoisotopic (exact) mass is 373 g/mol. The molecular formula is C21H31N3O3. The van der Waals surface area contributed by atoms with Gasteiger partial charge in [-0.1, -0.05) is 32.9 Å². The number of amides is 1. The first-order valence-electron chi connectivity index (χ1n) is 9.58. The smallest absolute Gasteiger partial charge is 0.260 e. The summed E-state index contributed by atoms with van der Waals surface area (Å²) in [5.41, 5.74) is 1.31. The van der Waals surface area contributed by atoms with Crippen molar-refractivity contribution in [3.8, 4) is 11.8 Å². The van der Waals surface area contributed by atoms with Crippen LogP contribution < -0.4 is 4.74 Å². The molecule has 1 aliphatic heterocycles. The van der Waals surface area contributed by atoms with Crippen LogP contribution in [0.25, 0.3) is 0 Å². The zero-order valence-electron chi connectivity index (χ0n) is 16.7. The van der Waals surface area contributed by atoms with E-state index in [1.807, 2.05) is 24.3 Å². The predicted octanol–water partition coefficient (Wildman–Crippen LogP) is 2.44. The van der Waals surface area contributed by atoms with Crippen molar-refractivity contribution >= 4 is 5.91 Å². The summed E-state index contributed by atoms with van der Waals surface area (Å²) in [5.74, 6) is 0.600. The van der Waals surface area contributed by atoms with E-state index in [1.54, 1.807) is 4.90 Å². The summed E-state index contributed by atoms with van der Waals surface area (Å²) in [6.45, 7) is 11.5. The van der Waals surface area contributed by atoms with E-state index in [-0.39, 0.29) is 17.9 Å². The molecule has 0 aliphatic carbocycles. The SMILES string of the molecule is CC(C)(C)c1ccc(OCC(=O)N(CCC#N)CCN2CCOCC2)cc1. The molecule has 1 aliphatic rings. The highest BCUT2D eigenvalue weighted by molar-refractivity contribution is 5.77. The van der Waals surface area contributed by atoms with Crippen LogP contribution in [0.5, 0.6) is 5.75 Å². The van der Waals surface area contributed by atoms with E-state index >= 15 is 0 Å².